The van der Waals surface area contributed by atoms with Crippen molar-refractivity contribution in [3.05, 3.63) is 12.2 Å². The summed E-state index contributed by atoms with van der Waals surface area (Å²) in [5.74, 6) is 0.723. The van der Waals surface area contributed by atoms with Gasteiger partial charge in [0.05, 0.1) is 0 Å². The summed E-state index contributed by atoms with van der Waals surface area (Å²) < 4.78 is 0. The largest absolute Gasteiger partial charge is 0.0883 e. The number of hydrogen-bond acceptors (Lipinski definition) is 0. The van der Waals surface area contributed by atoms with Gasteiger partial charge in [-0.2, -0.15) is 0 Å². The zero-order chi connectivity index (χ0) is 9.23. The first-order valence-electron chi connectivity index (χ1n) is 5.44. The highest BCUT2D eigenvalue weighted by Gasteiger charge is 1.87. The lowest BCUT2D eigenvalue weighted by Crippen LogP contribution is -1.79. The number of allylic oxidation sites excluding steroid dienone is 2. The summed E-state index contributed by atoms with van der Waals surface area (Å²) in [6.07, 6.45) is 12.9. The van der Waals surface area contributed by atoms with Crippen molar-refractivity contribution in [1.29, 1.82) is 0 Å². The van der Waals surface area contributed by atoms with E-state index in [1.54, 1.807) is 0 Å². The average molecular weight is 168 g/mol. The van der Waals surface area contributed by atoms with E-state index >= 15 is 0 Å². The van der Waals surface area contributed by atoms with Gasteiger partial charge in [0.1, 0.15) is 0 Å². The first-order valence-corrected chi connectivity index (χ1v) is 5.44. The highest BCUT2D eigenvalue weighted by molar-refractivity contribution is 4.83. The lowest BCUT2D eigenvalue weighted by molar-refractivity contribution is 0.636. The molecule has 0 saturated heterocycles. The molecule has 0 aliphatic rings. The van der Waals surface area contributed by atoms with Gasteiger partial charge in [0, 0.05) is 0 Å². The lowest BCUT2D eigenvalue weighted by Gasteiger charge is -1.97. The molecule has 0 unspecified atom stereocenters. The van der Waals surface area contributed by atoms with E-state index in [9.17, 15) is 0 Å². The highest BCUT2D eigenvalue weighted by Crippen LogP contribution is 2.06. The van der Waals surface area contributed by atoms with E-state index in [0.29, 0.717) is 0 Å². The summed E-state index contributed by atoms with van der Waals surface area (Å²) in [6, 6.07) is 0. The van der Waals surface area contributed by atoms with Gasteiger partial charge in [-0.15, -0.1) is 0 Å². The Bertz CT molecular complexity index is 101. The third-order valence-corrected chi connectivity index (χ3v) is 2.00. The van der Waals surface area contributed by atoms with Crippen LogP contribution in [0.2, 0.25) is 0 Å². The van der Waals surface area contributed by atoms with Gasteiger partial charge in [0.25, 0.3) is 0 Å². The van der Waals surface area contributed by atoms with E-state index in [4.69, 9.17) is 0 Å². The molecule has 0 nitrogen and oxygen atoms in total. The van der Waals surface area contributed by atoms with Gasteiger partial charge in [-0.1, -0.05) is 58.6 Å². The maximum Gasteiger partial charge on any atom is -0.0290 e. The second-order valence-corrected chi connectivity index (χ2v) is 3.88. The van der Waals surface area contributed by atoms with Gasteiger partial charge in [-0.05, 0) is 18.8 Å². The summed E-state index contributed by atoms with van der Waals surface area (Å²) >= 11 is 0. The second kappa shape index (κ2) is 8.83. The molecule has 0 aromatic heterocycles. The smallest absolute Gasteiger partial charge is 0.0290 e. The van der Waals surface area contributed by atoms with Crippen LogP contribution in [0.3, 0.4) is 0 Å². The summed E-state index contributed by atoms with van der Waals surface area (Å²) in [5.41, 5.74) is 0. The molecule has 0 aliphatic heterocycles. The molecule has 0 saturated carbocycles. The Labute approximate surface area is 78.1 Å². The fourth-order valence-corrected chi connectivity index (χ4v) is 1.23. The first kappa shape index (κ1) is 11.7. The van der Waals surface area contributed by atoms with Crippen molar-refractivity contribution in [2.24, 2.45) is 5.92 Å². The molecule has 0 aliphatic carbocycles. The molecular weight excluding hydrogens is 144 g/mol. The van der Waals surface area contributed by atoms with Crippen LogP contribution in [-0.2, 0) is 0 Å². The van der Waals surface area contributed by atoms with Crippen molar-refractivity contribution < 1.29 is 0 Å². The van der Waals surface area contributed by atoms with E-state index in [-0.39, 0.29) is 0 Å². The number of hydrogen-bond donors (Lipinski definition) is 0. The van der Waals surface area contributed by atoms with Crippen LogP contribution in [0.15, 0.2) is 12.2 Å². The molecule has 0 spiro atoms. The van der Waals surface area contributed by atoms with E-state index in [1.807, 2.05) is 0 Å². The monoisotopic (exact) mass is 168 g/mol. The van der Waals surface area contributed by atoms with Gasteiger partial charge in [-0.3, -0.25) is 0 Å². The quantitative estimate of drug-likeness (QED) is 0.386. The minimum Gasteiger partial charge on any atom is -0.0883 e. The highest BCUT2D eigenvalue weighted by atomic mass is 13.9. The molecule has 12 heavy (non-hydrogen) atoms. The van der Waals surface area contributed by atoms with E-state index in [0.717, 1.165) is 5.92 Å². The summed E-state index contributed by atoms with van der Waals surface area (Å²) in [6.45, 7) is 6.72. The molecule has 0 aromatic rings. The maximum atomic E-state index is 2.33. The van der Waals surface area contributed by atoms with Crippen molar-refractivity contribution >= 4 is 0 Å². The van der Waals surface area contributed by atoms with Crippen LogP contribution in [0, 0.1) is 5.92 Å². The molecule has 0 N–H and O–H groups in total. The van der Waals surface area contributed by atoms with Crippen molar-refractivity contribution in [3.63, 3.8) is 0 Å². The summed E-state index contributed by atoms with van der Waals surface area (Å²) in [4.78, 5) is 0. The number of unbranched alkanes of at least 4 members (excludes halogenated alkanes) is 5. The minimum atomic E-state index is 0.723. The van der Waals surface area contributed by atoms with Gasteiger partial charge < -0.3 is 0 Å². The van der Waals surface area contributed by atoms with E-state index in [1.165, 1.54) is 38.5 Å². The van der Waals surface area contributed by atoms with Gasteiger partial charge >= 0.3 is 0 Å². The normalized spacial score (nSPS) is 11.7. The van der Waals surface area contributed by atoms with Gasteiger partial charge in [0.15, 0.2) is 0 Å². The van der Waals surface area contributed by atoms with Crippen molar-refractivity contribution in [2.45, 2.75) is 59.3 Å². The van der Waals surface area contributed by atoms with Crippen LogP contribution >= 0.6 is 0 Å². The Morgan fingerprint density at radius 3 is 2.25 bits per heavy atom. The number of rotatable bonds is 7. The molecule has 0 radical (unpaired) electrons. The molecule has 0 amide bonds. The maximum absolute atomic E-state index is 2.33. The molecule has 0 rings (SSSR count). The van der Waals surface area contributed by atoms with Crippen LogP contribution in [0.1, 0.15) is 59.3 Å². The minimum absolute atomic E-state index is 0.723. The molecule has 0 fully saturated rings. The van der Waals surface area contributed by atoms with Crippen LogP contribution in [0.25, 0.3) is 0 Å². The molecule has 0 atom stereocenters. The molecule has 0 aromatic carbocycles. The van der Waals surface area contributed by atoms with Gasteiger partial charge in [-0.25, -0.2) is 0 Å². The topological polar surface area (TPSA) is 0 Å². The zero-order valence-electron chi connectivity index (χ0n) is 8.97. The van der Waals surface area contributed by atoms with Crippen LogP contribution in [0.5, 0.6) is 0 Å². The molecule has 0 heteroatoms. The second-order valence-electron chi connectivity index (χ2n) is 3.88. The van der Waals surface area contributed by atoms with Crippen molar-refractivity contribution in [3.8, 4) is 0 Å². The fourth-order valence-electron chi connectivity index (χ4n) is 1.23. The lowest BCUT2D eigenvalue weighted by atomic mass is 10.1. The van der Waals surface area contributed by atoms with Crippen molar-refractivity contribution in [1.82, 2.24) is 0 Å². The molecular formula is C12H24. The van der Waals surface area contributed by atoms with Crippen LogP contribution in [0.4, 0.5) is 0 Å². The van der Waals surface area contributed by atoms with Crippen molar-refractivity contribution in [2.75, 3.05) is 0 Å². The van der Waals surface area contributed by atoms with Crippen LogP contribution < -0.4 is 0 Å². The third kappa shape index (κ3) is 9.74. The third-order valence-electron chi connectivity index (χ3n) is 2.00. The van der Waals surface area contributed by atoms with E-state index < -0.39 is 0 Å². The molecule has 0 heterocycles. The predicted octanol–water partition coefficient (Wildman–Crippen LogP) is 4.56. The Hall–Kier alpha value is -0.260. The summed E-state index contributed by atoms with van der Waals surface area (Å²) in [7, 11) is 0. The summed E-state index contributed by atoms with van der Waals surface area (Å²) in [5, 5.41) is 0. The van der Waals surface area contributed by atoms with E-state index in [2.05, 4.69) is 32.9 Å². The Balaban J connectivity index is 3.00. The Morgan fingerprint density at radius 1 is 1.00 bits per heavy atom. The SMILES string of the molecule is CCCCCCC/C=C\C(C)C. The average Bonchev–Trinajstić information content (AvgIpc) is 2.02. The first-order chi connectivity index (χ1) is 5.77. The predicted molar refractivity (Wildman–Crippen MR) is 57.4 cm³/mol. The Morgan fingerprint density at radius 2 is 1.67 bits per heavy atom. The standard InChI is InChI=1S/C12H24/c1-4-5-6-7-8-9-10-11-12(2)3/h10-12H,4-9H2,1-3H3/b11-10-. The fraction of sp³-hybridized carbons (Fsp3) is 0.833. The molecule has 0 bridgehead atoms. The van der Waals surface area contributed by atoms with Crippen LogP contribution in [-0.4, -0.2) is 0 Å². The zero-order valence-corrected chi connectivity index (χ0v) is 8.97. The molecule has 72 valence electrons. The van der Waals surface area contributed by atoms with Gasteiger partial charge in [0.2, 0.25) is 0 Å². The Kier molecular flexibility index (Phi) is 8.64.